The van der Waals surface area contributed by atoms with Crippen LogP contribution in [0.2, 0.25) is 10.0 Å². The molecule has 4 rings (SSSR count). The van der Waals surface area contributed by atoms with E-state index in [1.165, 1.54) is 15.5 Å². The summed E-state index contributed by atoms with van der Waals surface area (Å²) in [6.07, 6.45) is 1.47. The second kappa shape index (κ2) is 13.2. The number of amides is 1. The monoisotopic (exact) mass is 560 g/mol. The third-order valence-electron chi connectivity index (χ3n) is 6.85. The van der Waals surface area contributed by atoms with Gasteiger partial charge in [-0.1, -0.05) is 29.3 Å². The Balaban J connectivity index is 1.24. The second-order valence-electron chi connectivity index (χ2n) is 9.33. The van der Waals surface area contributed by atoms with Gasteiger partial charge in [0.2, 0.25) is 0 Å². The van der Waals surface area contributed by atoms with Crippen molar-refractivity contribution in [1.82, 2.24) is 14.4 Å². The number of anilines is 1. The largest absolute Gasteiger partial charge is 0.494 e. The highest BCUT2D eigenvalue weighted by Crippen LogP contribution is 2.32. The topological polar surface area (TPSA) is 67.2 Å². The van der Waals surface area contributed by atoms with E-state index in [-0.39, 0.29) is 12.3 Å². The number of pyridine rings is 1. The van der Waals surface area contributed by atoms with Gasteiger partial charge in [0.25, 0.3) is 5.56 Å². The molecule has 0 unspecified atom stereocenters. The van der Waals surface area contributed by atoms with Gasteiger partial charge in [-0.05, 0) is 62.0 Å². The molecule has 10 heteroatoms. The number of aromatic nitrogens is 1. The Morgan fingerprint density at radius 1 is 1.03 bits per heavy atom. The van der Waals surface area contributed by atoms with Gasteiger partial charge in [-0.2, -0.15) is 0 Å². The van der Waals surface area contributed by atoms with Crippen LogP contribution < -0.4 is 15.2 Å². The molecule has 1 aromatic heterocycles. The van der Waals surface area contributed by atoms with E-state index < -0.39 is 6.09 Å². The van der Waals surface area contributed by atoms with Gasteiger partial charge >= 0.3 is 6.09 Å². The van der Waals surface area contributed by atoms with E-state index in [1.807, 2.05) is 43.3 Å². The van der Waals surface area contributed by atoms with E-state index in [4.69, 9.17) is 32.7 Å². The Morgan fingerprint density at radius 3 is 2.55 bits per heavy atom. The highest BCUT2D eigenvalue weighted by molar-refractivity contribution is 6.43. The lowest BCUT2D eigenvalue weighted by molar-refractivity contribution is 0.0846. The number of carbonyl (C=O) groups excluding carboxylic acids is 1. The molecule has 204 valence electrons. The van der Waals surface area contributed by atoms with Crippen LogP contribution in [0, 0.1) is 0 Å². The maximum Gasteiger partial charge on any atom is 0.411 e. The van der Waals surface area contributed by atoms with E-state index in [9.17, 15) is 9.59 Å². The molecule has 0 aliphatic carbocycles. The molecule has 1 amide bonds. The zero-order valence-corrected chi connectivity index (χ0v) is 23.4. The van der Waals surface area contributed by atoms with E-state index >= 15 is 0 Å². The SMILES string of the molecule is CCN(C)C(=O)OCn1c(=O)ccc2ccc(OCCCCN3CCN(c4cccc(Cl)c4Cl)CC3)cc21. The number of fused-ring (bicyclic) bond motifs is 1. The number of piperazine rings is 1. The van der Waals surface area contributed by atoms with Gasteiger partial charge in [0.1, 0.15) is 5.75 Å². The number of unbranched alkanes of at least 4 members (excludes halogenated alkanes) is 1. The van der Waals surface area contributed by atoms with Gasteiger partial charge in [0, 0.05) is 51.9 Å². The van der Waals surface area contributed by atoms with Gasteiger partial charge < -0.3 is 19.3 Å². The molecule has 2 aromatic carbocycles. The second-order valence-corrected chi connectivity index (χ2v) is 10.1. The average Bonchev–Trinajstić information content (AvgIpc) is 2.93. The molecular formula is C28H34Cl2N4O4. The van der Waals surface area contributed by atoms with Crippen molar-refractivity contribution in [2.24, 2.45) is 0 Å². The first-order chi connectivity index (χ1) is 18.4. The quantitative estimate of drug-likeness (QED) is 0.312. The standard InChI is InChI=1S/C28H34Cl2N4O4/c1-3-31(2)28(36)38-20-34-25-19-22(11-9-21(25)10-12-26(34)35)37-18-5-4-13-32-14-16-33(17-15-32)24-8-6-7-23(29)27(24)30/h6-12,19H,3-5,13-18,20H2,1-2H3. The first kappa shape index (κ1) is 28.1. The van der Waals surface area contributed by atoms with Crippen molar-refractivity contribution in [2.45, 2.75) is 26.5 Å². The lowest BCUT2D eigenvalue weighted by Crippen LogP contribution is -2.46. The molecule has 2 heterocycles. The molecule has 0 N–H and O–H groups in total. The minimum Gasteiger partial charge on any atom is -0.494 e. The molecule has 0 atom stereocenters. The predicted molar refractivity (Wildman–Crippen MR) is 153 cm³/mol. The van der Waals surface area contributed by atoms with Gasteiger partial charge in [-0.25, -0.2) is 4.79 Å². The summed E-state index contributed by atoms with van der Waals surface area (Å²) in [5.41, 5.74) is 1.43. The summed E-state index contributed by atoms with van der Waals surface area (Å²) < 4.78 is 12.7. The van der Waals surface area contributed by atoms with Gasteiger partial charge in [0.05, 0.1) is 27.9 Å². The lowest BCUT2D eigenvalue weighted by atomic mass is 10.2. The summed E-state index contributed by atoms with van der Waals surface area (Å²) in [6, 6.07) is 14.6. The first-order valence-electron chi connectivity index (χ1n) is 12.9. The maximum atomic E-state index is 12.5. The summed E-state index contributed by atoms with van der Waals surface area (Å²) in [4.78, 5) is 30.7. The minimum atomic E-state index is -0.474. The Bertz CT molecular complexity index is 1310. The van der Waals surface area contributed by atoms with Crippen LogP contribution in [0.3, 0.4) is 0 Å². The lowest BCUT2D eigenvalue weighted by Gasteiger charge is -2.36. The number of benzene rings is 2. The fourth-order valence-electron chi connectivity index (χ4n) is 4.43. The van der Waals surface area contributed by atoms with E-state index in [0.717, 1.165) is 56.6 Å². The van der Waals surface area contributed by atoms with Crippen LogP contribution in [-0.4, -0.2) is 73.4 Å². The summed E-state index contributed by atoms with van der Waals surface area (Å²) in [5.74, 6) is 0.681. The summed E-state index contributed by atoms with van der Waals surface area (Å²) in [6.45, 7) is 7.60. The highest BCUT2D eigenvalue weighted by atomic mass is 35.5. The molecule has 0 saturated carbocycles. The number of halogens is 2. The average molecular weight is 562 g/mol. The van der Waals surface area contributed by atoms with E-state index in [0.29, 0.717) is 34.5 Å². The molecule has 3 aromatic rings. The van der Waals surface area contributed by atoms with Crippen LogP contribution in [0.25, 0.3) is 10.9 Å². The number of hydrogen-bond acceptors (Lipinski definition) is 6. The van der Waals surface area contributed by atoms with Crippen molar-refractivity contribution in [3.05, 3.63) is 68.9 Å². The number of ether oxygens (including phenoxy) is 2. The fourth-order valence-corrected chi connectivity index (χ4v) is 4.84. The molecule has 1 saturated heterocycles. The summed E-state index contributed by atoms with van der Waals surface area (Å²) in [5, 5.41) is 2.08. The fraction of sp³-hybridized carbons (Fsp3) is 0.429. The Morgan fingerprint density at radius 2 is 1.79 bits per heavy atom. The van der Waals surface area contributed by atoms with E-state index in [1.54, 1.807) is 13.1 Å². The van der Waals surface area contributed by atoms with E-state index in [2.05, 4.69) is 9.80 Å². The van der Waals surface area contributed by atoms with Crippen LogP contribution in [0.1, 0.15) is 19.8 Å². The Hall–Kier alpha value is -2.94. The van der Waals surface area contributed by atoms with Crippen LogP contribution in [0.15, 0.2) is 53.3 Å². The van der Waals surface area contributed by atoms with Crippen LogP contribution in [0.5, 0.6) is 5.75 Å². The number of hydrogen-bond donors (Lipinski definition) is 0. The third kappa shape index (κ3) is 6.92. The molecule has 0 spiro atoms. The first-order valence-corrected chi connectivity index (χ1v) is 13.7. The third-order valence-corrected chi connectivity index (χ3v) is 7.66. The molecule has 1 fully saturated rings. The number of carbonyl (C=O) groups is 1. The van der Waals surface area contributed by atoms with Crippen molar-refractivity contribution in [3.8, 4) is 5.75 Å². The van der Waals surface area contributed by atoms with Crippen LogP contribution in [0.4, 0.5) is 10.5 Å². The van der Waals surface area contributed by atoms with Crippen molar-refractivity contribution in [2.75, 3.05) is 57.8 Å². The van der Waals surface area contributed by atoms with Crippen LogP contribution in [-0.2, 0) is 11.5 Å². The van der Waals surface area contributed by atoms with Gasteiger partial charge in [-0.3, -0.25) is 14.3 Å². The van der Waals surface area contributed by atoms with Crippen molar-refractivity contribution in [1.29, 1.82) is 0 Å². The Kier molecular flexibility index (Phi) is 9.77. The van der Waals surface area contributed by atoms with Crippen molar-refractivity contribution >= 4 is 45.9 Å². The number of rotatable bonds is 10. The smallest absolute Gasteiger partial charge is 0.411 e. The normalized spacial score (nSPS) is 14.1. The molecule has 1 aliphatic heterocycles. The summed E-state index contributed by atoms with van der Waals surface area (Å²) >= 11 is 12.6. The molecular weight excluding hydrogens is 527 g/mol. The molecule has 0 radical (unpaired) electrons. The van der Waals surface area contributed by atoms with Crippen LogP contribution >= 0.6 is 23.2 Å². The van der Waals surface area contributed by atoms with Gasteiger partial charge in [0.15, 0.2) is 6.73 Å². The van der Waals surface area contributed by atoms with Crippen molar-refractivity contribution < 1.29 is 14.3 Å². The minimum absolute atomic E-state index is 0.153. The molecule has 8 nitrogen and oxygen atoms in total. The van der Waals surface area contributed by atoms with Crippen molar-refractivity contribution in [3.63, 3.8) is 0 Å². The molecule has 1 aliphatic rings. The Labute approximate surface area is 233 Å². The zero-order chi connectivity index (χ0) is 27.1. The van der Waals surface area contributed by atoms with Gasteiger partial charge in [-0.15, -0.1) is 0 Å². The summed E-state index contributed by atoms with van der Waals surface area (Å²) in [7, 11) is 1.65. The zero-order valence-electron chi connectivity index (χ0n) is 21.9. The highest BCUT2D eigenvalue weighted by Gasteiger charge is 2.19. The maximum absolute atomic E-state index is 12.5. The molecule has 38 heavy (non-hydrogen) atoms. The number of nitrogens with zero attached hydrogens (tertiary/aromatic N) is 4. The predicted octanol–water partition coefficient (Wildman–Crippen LogP) is 5.34. The molecule has 0 bridgehead atoms.